The zero-order valence-corrected chi connectivity index (χ0v) is 11.2. The van der Waals surface area contributed by atoms with Gasteiger partial charge in [0.2, 0.25) is 0 Å². The number of piperidine rings is 1. The first kappa shape index (κ1) is 12.6. The second-order valence-corrected chi connectivity index (χ2v) is 5.52. The summed E-state index contributed by atoms with van der Waals surface area (Å²) in [5.41, 5.74) is 0.795. The highest BCUT2D eigenvalue weighted by Gasteiger charge is 2.37. The van der Waals surface area contributed by atoms with Gasteiger partial charge in [-0.25, -0.2) is 0 Å². The molecule has 102 valence electrons. The SMILES string of the molecule is O=C(c1ccncc1)N1CCC2(CCCCO2)CC1. The van der Waals surface area contributed by atoms with Crippen molar-refractivity contribution in [1.82, 2.24) is 9.88 Å². The third-order valence-corrected chi connectivity index (χ3v) is 4.32. The van der Waals surface area contributed by atoms with E-state index in [0.29, 0.717) is 0 Å². The number of likely N-dealkylation sites (tertiary alicyclic amines) is 1. The summed E-state index contributed by atoms with van der Waals surface area (Å²) in [6.45, 7) is 2.50. The van der Waals surface area contributed by atoms with Crippen molar-refractivity contribution in [1.29, 1.82) is 0 Å². The molecule has 0 bridgehead atoms. The molecule has 0 aliphatic carbocycles. The summed E-state index contributed by atoms with van der Waals surface area (Å²) in [6.07, 6.45) is 8.89. The molecule has 1 aromatic heterocycles. The molecule has 0 N–H and O–H groups in total. The maximum Gasteiger partial charge on any atom is 0.253 e. The maximum absolute atomic E-state index is 12.3. The number of pyridine rings is 1. The van der Waals surface area contributed by atoms with Crippen LogP contribution in [0.5, 0.6) is 0 Å². The Hall–Kier alpha value is -1.42. The van der Waals surface area contributed by atoms with Crippen LogP contribution in [-0.4, -0.2) is 41.1 Å². The van der Waals surface area contributed by atoms with Crippen molar-refractivity contribution in [2.75, 3.05) is 19.7 Å². The largest absolute Gasteiger partial charge is 0.375 e. The van der Waals surface area contributed by atoms with Crippen LogP contribution < -0.4 is 0 Å². The summed E-state index contributed by atoms with van der Waals surface area (Å²) in [7, 11) is 0. The van der Waals surface area contributed by atoms with Gasteiger partial charge in [0.1, 0.15) is 0 Å². The van der Waals surface area contributed by atoms with E-state index < -0.39 is 0 Å². The molecule has 1 amide bonds. The Morgan fingerprint density at radius 3 is 2.53 bits per heavy atom. The highest BCUT2D eigenvalue weighted by Crippen LogP contribution is 2.35. The molecule has 2 aliphatic rings. The third kappa shape index (κ3) is 2.63. The van der Waals surface area contributed by atoms with E-state index in [1.54, 1.807) is 24.5 Å². The van der Waals surface area contributed by atoms with Gasteiger partial charge in [0.05, 0.1) is 5.60 Å². The van der Waals surface area contributed by atoms with Crippen molar-refractivity contribution in [3.05, 3.63) is 30.1 Å². The van der Waals surface area contributed by atoms with E-state index in [2.05, 4.69) is 4.98 Å². The van der Waals surface area contributed by atoms with Gasteiger partial charge < -0.3 is 9.64 Å². The molecular formula is C15H20N2O2. The second kappa shape index (κ2) is 5.29. The Kier molecular flexibility index (Phi) is 3.51. The minimum Gasteiger partial charge on any atom is -0.375 e. The summed E-state index contributed by atoms with van der Waals surface area (Å²) in [5.74, 6) is 0.119. The molecule has 3 rings (SSSR count). The van der Waals surface area contributed by atoms with E-state index in [1.807, 2.05) is 4.90 Å². The lowest BCUT2D eigenvalue weighted by atomic mass is 9.84. The molecular weight excluding hydrogens is 240 g/mol. The summed E-state index contributed by atoms with van der Waals surface area (Å²) in [5, 5.41) is 0. The molecule has 2 fully saturated rings. The molecule has 19 heavy (non-hydrogen) atoms. The van der Waals surface area contributed by atoms with Crippen LogP contribution in [0.1, 0.15) is 42.5 Å². The van der Waals surface area contributed by atoms with Crippen molar-refractivity contribution >= 4 is 5.91 Å². The van der Waals surface area contributed by atoms with Crippen molar-refractivity contribution in [3.63, 3.8) is 0 Å². The molecule has 0 radical (unpaired) electrons. The molecule has 3 heterocycles. The van der Waals surface area contributed by atoms with E-state index in [9.17, 15) is 4.79 Å². The van der Waals surface area contributed by atoms with E-state index in [-0.39, 0.29) is 11.5 Å². The molecule has 1 aromatic rings. The number of rotatable bonds is 1. The summed E-state index contributed by atoms with van der Waals surface area (Å²) in [6, 6.07) is 3.56. The highest BCUT2D eigenvalue weighted by atomic mass is 16.5. The topological polar surface area (TPSA) is 42.4 Å². The Bertz CT molecular complexity index is 431. The molecule has 4 heteroatoms. The first-order chi connectivity index (χ1) is 9.29. The Balaban J connectivity index is 1.62. The van der Waals surface area contributed by atoms with Crippen molar-refractivity contribution < 1.29 is 9.53 Å². The van der Waals surface area contributed by atoms with Crippen molar-refractivity contribution in [2.24, 2.45) is 0 Å². The quantitative estimate of drug-likeness (QED) is 0.778. The monoisotopic (exact) mass is 260 g/mol. The van der Waals surface area contributed by atoms with Crippen LogP contribution >= 0.6 is 0 Å². The Morgan fingerprint density at radius 2 is 1.89 bits per heavy atom. The van der Waals surface area contributed by atoms with Crippen LogP contribution in [0.3, 0.4) is 0 Å². The summed E-state index contributed by atoms with van der Waals surface area (Å²) < 4.78 is 5.99. The first-order valence-electron chi connectivity index (χ1n) is 7.12. The fourth-order valence-electron chi connectivity index (χ4n) is 3.10. The lowest BCUT2D eigenvalue weighted by Crippen LogP contribution is -2.49. The van der Waals surface area contributed by atoms with Crippen LogP contribution in [0, 0.1) is 0 Å². The Labute approximate surface area is 113 Å². The molecule has 2 aliphatic heterocycles. The number of hydrogen-bond acceptors (Lipinski definition) is 3. The van der Waals surface area contributed by atoms with E-state index in [4.69, 9.17) is 4.74 Å². The molecule has 0 aromatic carbocycles. The van der Waals surface area contributed by atoms with Crippen LogP contribution in [-0.2, 0) is 4.74 Å². The van der Waals surface area contributed by atoms with Gasteiger partial charge in [-0.15, -0.1) is 0 Å². The van der Waals surface area contributed by atoms with Gasteiger partial charge in [-0.2, -0.15) is 0 Å². The van der Waals surface area contributed by atoms with Crippen molar-refractivity contribution in [3.8, 4) is 0 Å². The van der Waals surface area contributed by atoms with Crippen LogP contribution in [0.15, 0.2) is 24.5 Å². The number of hydrogen-bond donors (Lipinski definition) is 0. The average Bonchev–Trinajstić information content (AvgIpc) is 2.49. The summed E-state index contributed by atoms with van der Waals surface area (Å²) in [4.78, 5) is 18.2. The van der Waals surface area contributed by atoms with Gasteiger partial charge in [0, 0.05) is 37.7 Å². The van der Waals surface area contributed by atoms with Gasteiger partial charge in [-0.1, -0.05) is 0 Å². The average molecular weight is 260 g/mol. The number of carbonyl (C=O) groups is 1. The minimum atomic E-state index is 0.0628. The first-order valence-corrected chi connectivity index (χ1v) is 7.12. The fourth-order valence-corrected chi connectivity index (χ4v) is 3.10. The van der Waals surface area contributed by atoms with Gasteiger partial charge in [0.15, 0.2) is 0 Å². The number of carbonyl (C=O) groups excluding carboxylic acids is 1. The molecule has 1 spiro atoms. The van der Waals surface area contributed by atoms with Gasteiger partial charge in [0.25, 0.3) is 5.91 Å². The lowest BCUT2D eigenvalue weighted by Gasteiger charge is -2.44. The number of nitrogens with zero attached hydrogens (tertiary/aromatic N) is 2. The Morgan fingerprint density at radius 1 is 1.16 bits per heavy atom. The van der Waals surface area contributed by atoms with Crippen LogP contribution in [0.2, 0.25) is 0 Å². The maximum atomic E-state index is 12.3. The van der Waals surface area contributed by atoms with E-state index in [1.165, 1.54) is 12.8 Å². The molecule has 4 nitrogen and oxygen atoms in total. The van der Waals surface area contributed by atoms with Gasteiger partial charge >= 0.3 is 0 Å². The van der Waals surface area contributed by atoms with Gasteiger partial charge in [-0.05, 0) is 44.2 Å². The third-order valence-electron chi connectivity index (χ3n) is 4.32. The molecule has 2 saturated heterocycles. The normalized spacial score (nSPS) is 22.4. The predicted octanol–water partition coefficient (Wildman–Crippen LogP) is 2.26. The standard InChI is InChI=1S/C15H20N2O2/c18-14(13-3-8-16-9-4-13)17-10-6-15(7-11-17)5-1-2-12-19-15/h3-4,8-9H,1-2,5-7,10-12H2. The molecule has 0 unspecified atom stereocenters. The number of aromatic nitrogens is 1. The van der Waals surface area contributed by atoms with Crippen LogP contribution in [0.4, 0.5) is 0 Å². The predicted molar refractivity (Wildman–Crippen MR) is 71.9 cm³/mol. The number of amides is 1. The second-order valence-electron chi connectivity index (χ2n) is 5.52. The highest BCUT2D eigenvalue weighted by molar-refractivity contribution is 5.94. The summed E-state index contributed by atoms with van der Waals surface area (Å²) >= 11 is 0. The number of ether oxygens (including phenoxy) is 1. The zero-order chi connectivity index (χ0) is 13.1. The zero-order valence-electron chi connectivity index (χ0n) is 11.2. The molecule has 0 saturated carbocycles. The lowest BCUT2D eigenvalue weighted by molar-refractivity contribution is -0.107. The molecule has 0 atom stereocenters. The van der Waals surface area contributed by atoms with Gasteiger partial charge in [-0.3, -0.25) is 9.78 Å². The fraction of sp³-hybridized carbons (Fsp3) is 0.600. The van der Waals surface area contributed by atoms with Crippen molar-refractivity contribution in [2.45, 2.75) is 37.7 Å². The van der Waals surface area contributed by atoms with Crippen LogP contribution in [0.25, 0.3) is 0 Å². The minimum absolute atomic E-state index is 0.0628. The van der Waals surface area contributed by atoms with E-state index >= 15 is 0 Å². The van der Waals surface area contributed by atoms with E-state index in [0.717, 1.165) is 44.5 Å². The smallest absolute Gasteiger partial charge is 0.253 e.